The van der Waals surface area contributed by atoms with Gasteiger partial charge < -0.3 is 5.32 Å². The summed E-state index contributed by atoms with van der Waals surface area (Å²) in [6.07, 6.45) is 4.13. The minimum absolute atomic E-state index is 0.120. The minimum Gasteiger partial charge on any atom is -0.367 e. The van der Waals surface area contributed by atoms with Gasteiger partial charge in [-0.15, -0.1) is 0 Å². The molecule has 2 aliphatic rings. The van der Waals surface area contributed by atoms with Crippen LogP contribution in [-0.2, 0) is 10.0 Å². The quantitative estimate of drug-likeness (QED) is 0.731. The molecule has 7 nitrogen and oxygen atoms in total. The van der Waals surface area contributed by atoms with Crippen molar-refractivity contribution in [2.75, 3.05) is 10.5 Å². The van der Waals surface area contributed by atoms with Crippen LogP contribution in [0.5, 0.6) is 0 Å². The SMILES string of the molecule is CCCS(=O)(=O)Nc1cc(F)c(F)c(C(=O)C2=CNC3N=CC=NC23)c1. The van der Waals surface area contributed by atoms with Crippen LogP contribution in [0.4, 0.5) is 14.5 Å². The molecule has 138 valence electrons. The molecule has 1 aromatic carbocycles. The molecule has 2 atom stereocenters. The average Bonchev–Trinajstić information content (AvgIpc) is 3.01. The van der Waals surface area contributed by atoms with Gasteiger partial charge in [-0.1, -0.05) is 6.92 Å². The lowest BCUT2D eigenvalue weighted by molar-refractivity contribution is 0.102. The molecule has 10 heteroatoms. The van der Waals surface area contributed by atoms with Gasteiger partial charge in [0.2, 0.25) is 10.0 Å². The number of halogens is 2. The Kier molecular flexibility index (Phi) is 4.86. The lowest BCUT2D eigenvalue weighted by atomic mass is 9.97. The summed E-state index contributed by atoms with van der Waals surface area (Å²) in [7, 11) is -3.71. The van der Waals surface area contributed by atoms with Gasteiger partial charge in [0.25, 0.3) is 0 Å². The fourth-order valence-corrected chi connectivity index (χ4v) is 3.85. The third-order valence-corrected chi connectivity index (χ3v) is 5.36. The van der Waals surface area contributed by atoms with Crippen LogP contribution in [0.1, 0.15) is 23.7 Å². The van der Waals surface area contributed by atoms with Crippen molar-refractivity contribution < 1.29 is 22.0 Å². The van der Waals surface area contributed by atoms with E-state index in [0.717, 1.165) is 6.07 Å². The number of Topliss-reactive ketones (excluding diaryl/α,β-unsaturated/α-hetero) is 1. The molecule has 0 aromatic heterocycles. The summed E-state index contributed by atoms with van der Waals surface area (Å²) < 4.78 is 54.0. The van der Waals surface area contributed by atoms with Gasteiger partial charge in [0.05, 0.1) is 17.0 Å². The zero-order valence-electron chi connectivity index (χ0n) is 13.7. The van der Waals surface area contributed by atoms with Crippen LogP contribution in [0.3, 0.4) is 0 Å². The van der Waals surface area contributed by atoms with Gasteiger partial charge in [0, 0.05) is 30.3 Å². The van der Waals surface area contributed by atoms with Crippen LogP contribution < -0.4 is 10.0 Å². The Morgan fingerprint density at radius 1 is 1.27 bits per heavy atom. The van der Waals surface area contributed by atoms with Gasteiger partial charge in [-0.05, 0) is 12.5 Å². The topological polar surface area (TPSA) is 100.0 Å². The summed E-state index contributed by atoms with van der Waals surface area (Å²) in [6.45, 7) is 1.67. The number of aliphatic imine (C=N–C) groups is 2. The van der Waals surface area contributed by atoms with E-state index >= 15 is 0 Å². The molecule has 0 radical (unpaired) electrons. The van der Waals surface area contributed by atoms with Crippen molar-refractivity contribution in [3.63, 3.8) is 0 Å². The van der Waals surface area contributed by atoms with E-state index in [2.05, 4.69) is 20.0 Å². The largest absolute Gasteiger partial charge is 0.367 e. The summed E-state index contributed by atoms with van der Waals surface area (Å²) in [5, 5.41) is 2.84. The fraction of sp³-hybridized carbons (Fsp3) is 0.312. The molecule has 2 N–H and O–H groups in total. The minimum atomic E-state index is -3.71. The molecule has 26 heavy (non-hydrogen) atoms. The van der Waals surface area contributed by atoms with E-state index in [1.165, 1.54) is 18.6 Å². The van der Waals surface area contributed by atoms with Gasteiger partial charge in [-0.25, -0.2) is 17.2 Å². The van der Waals surface area contributed by atoms with Gasteiger partial charge in [-0.3, -0.25) is 19.5 Å². The number of rotatable bonds is 6. The van der Waals surface area contributed by atoms with E-state index in [-0.39, 0.29) is 17.0 Å². The van der Waals surface area contributed by atoms with Gasteiger partial charge >= 0.3 is 0 Å². The number of nitrogens with zero attached hydrogens (tertiary/aromatic N) is 2. The molecule has 2 heterocycles. The summed E-state index contributed by atoms with van der Waals surface area (Å²) >= 11 is 0. The summed E-state index contributed by atoms with van der Waals surface area (Å²) in [4.78, 5) is 20.9. The van der Waals surface area contributed by atoms with E-state index in [0.29, 0.717) is 12.5 Å². The second kappa shape index (κ2) is 6.94. The second-order valence-electron chi connectivity index (χ2n) is 5.82. The van der Waals surface area contributed by atoms with Crippen LogP contribution in [0.15, 0.2) is 33.9 Å². The number of carbonyl (C=O) groups excluding carboxylic acids is 1. The highest BCUT2D eigenvalue weighted by molar-refractivity contribution is 7.92. The Morgan fingerprint density at radius 2 is 2.00 bits per heavy atom. The van der Waals surface area contributed by atoms with Crippen molar-refractivity contribution in [2.45, 2.75) is 25.6 Å². The van der Waals surface area contributed by atoms with Crippen molar-refractivity contribution >= 4 is 33.9 Å². The predicted molar refractivity (Wildman–Crippen MR) is 94.2 cm³/mol. The summed E-state index contributed by atoms with van der Waals surface area (Å²) in [5.41, 5.74) is -0.665. The Balaban J connectivity index is 1.93. The number of nitrogens with one attached hydrogen (secondary N) is 2. The van der Waals surface area contributed by atoms with Crippen molar-refractivity contribution in [3.8, 4) is 0 Å². The van der Waals surface area contributed by atoms with Crippen LogP contribution >= 0.6 is 0 Å². The Hall–Kier alpha value is -2.62. The second-order valence-corrected chi connectivity index (χ2v) is 7.66. The molecule has 2 unspecified atom stereocenters. The third kappa shape index (κ3) is 3.50. The van der Waals surface area contributed by atoms with Gasteiger partial charge in [-0.2, -0.15) is 0 Å². The molecule has 1 aromatic rings. The van der Waals surface area contributed by atoms with E-state index in [1.807, 2.05) is 0 Å². The molecule has 0 saturated carbocycles. The molecule has 0 fully saturated rings. The zero-order chi connectivity index (χ0) is 18.9. The van der Waals surface area contributed by atoms with Crippen LogP contribution in [-0.4, -0.2) is 44.6 Å². The first kappa shape index (κ1) is 18.2. The Labute approximate surface area is 149 Å². The summed E-state index contributed by atoms with van der Waals surface area (Å²) in [5.74, 6) is -3.63. The van der Waals surface area contributed by atoms with Crippen molar-refractivity contribution in [3.05, 3.63) is 41.1 Å². The number of sulfonamides is 1. The molecule has 0 saturated heterocycles. The average molecular weight is 382 g/mol. The van der Waals surface area contributed by atoms with Crippen molar-refractivity contribution in [1.82, 2.24) is 5.32 Å². The predicted octanol–water partition coefficient (Wildman–Crippen LogP) is 1.64. The van der Waals surface area contributed by atoms with Crippen molar-refractivity contribution in [2.24, 2.45) is 9.98 Å². The first-order chi connectivity index (χ1) is 12.3. The highest BCUT2D eigenvalue weighted by atomic mass is 32.2. The molecule has 3 rings (SSSR count). The molecule has 0 aliphatic carbocycles. The molecule has 0 amide bonds. The lowest BCUT2D eigenvalue weighted by Crippen LogP contribution is -2.32. The van der Waals surface area contributed by atoms with Gasteiger partial charge in [0.15, 0.2) is 17.4 Å². The number of benzene rings is 1. The first-order valence-corrected chi connectivity index (χ1v) is 9.53. The number of carbonyl (C=O) groups is 1. The molecule has 0 bridgehead atoms. The van der Waals surface area contributed by atoms with E-state index in [9.17, 15) is 22.0 Å². The normalized spacial score (nSPS) is 21.1. The molecular weight excluding hydrogens is 366 g/mol. The first-order valence-electron chi connectivity index (χ1n) is 7.87. The number of ketones is 1. The monoisotopic (exact) mass is 382 g/mol. The summed E-state index contributed by atoms with van der Waals surface area (Å²) in [6, 6.07) is 1.04. The third-order valence-electron chi connectivity index (χ3n) is 3.87. The van der Waals surface area contributed by atoms with Crippen LogP contribution in [0.2, 0.25) is 0 Å². The van der Waals surface area contributed by atoms with Crippen LogP contribution in [0, 0.1) is 11.6 Å². The number of hydrogen-bond acceptors (Lipinski definition) is 6. The Bertz CT molecular complexity index is 941. The molecule has 0 spiro atoms. The van der Waals surface area contributed by atoms with Gasteiger partial charge in [0.1, 0.15) is 12.2 Å². The standard InChI is InChI=1S/C16H16F2N4O3S/c1-2-5-26(24,25)22-9-6-10(13(18)12(17)7-9)15(23)11-8-21-16-14(11)19-3-4-20-16/h3-4,6-8,14,16,21-22H,2,5H2,1H3. The fourth-order valence-electron chi connectivity index (χ4n) is 2.74. The maximum Gasteiger partial charge on any atom is 0.232 e. The molecular formula is C16H16F2N4O3S. The lowest BCUT2D eigenvalue weighted by Gasteiger charge is -2.17. The van der Waals surface area contributed by atoms with Crippen LogP contribution in [0.25, 0.3) is 0 Å². The maximum absolute atomic E-state index is 14.2. The number of hydrogen-bond donors (Lipinski definition) is 2. The van der Waals surface area contributed by atoms with E-state index in [1.54, 1.807) is 6.92 Å². The smallest absolute Gasteiger partial charge is 0.232 e. The Morgan fingerprint density at radius 3 is 2.73 bits per heavy atom. The van der Waals surface area contributed by atoms with E-state index in [4.69, 9.17) is 0 Å². The highest BCUT2D eigenvalue weighted by Crippen LogP contribution is 2.27. The van der Waals surface area contributed by atoms with Crippen molar-refractivity contribution in [1.29, 1.82) is 0 Å². The molecule has 2 aliphatic heterocycles. The van der Waals surface area contributed by atoms with E-state index < -0.39 is 45.2 Å². The number of anilines is 1. The highest BCUT2D eigenvalue weighted by Gasteiger charge is 2.35. The zero-order valence-corrected chi connectivity index (χ0v) is 14.6. The number of fused-ring (bicyclic) bond motifs is 1. The maximum atomic E-state index is 14.2.